The fourth-order valence-corrected chi connectivity index (χ4v) is 3.62. The SMILES string of the molecule is Cc1ccc(C(=O)N2CCN(C3CCCC3)CC2)cc1C. The first-order valence-corrected chi connectivity index (χ1v) is 8.26. The number of amides is 1. The molecule has 1 heterocycles. The van der Waals surface area contributed by atoms with E-state index in [1.54, 1.807) is 0 Å². The van der Waals surface area contributed by atoms with E-state index in [-0.39, 0.29) is 5.91 Å². The molecule has 1 amide bonds. The van der Waals surface area contributed by atoms with Gasteiger partial charge in [0.2, 0.25) is 0 Å². The highest BCUT2D eigenvalue weighted by atomic mass is 16.2. The molecule has 21 heavy (non-hydrogen) atoms. The summed E-state index contributed by atoms with van der Waals surface area (Å²) in [6.45, 7) is 8.00. The van der Waals surface area contributed by atoms with Gasteiger partial charge in [-0.05, 0) is 49.9 Å². The zero-order valence-electron chi connectivity index (χ0n) is 13.3. The summed E-state index contributed by atoms with van der Waals surface area (Å²) in [5.41, 5.74) is 3.29. The predicted molar refractivity (Wildman–Crippen MR) is 85.6 cm³/mol. The average molecular weight is 286 g/mol. The van der Waals surface area contributed by atoms with Crippen LogP contribution in [0.2, 0.25) is 0 Å². The first kappa shape index (κ1) is 14.6. The Balaban J connectivity index is 1.60. The number of aryl methyl sites for hydroxylation is 2. The summed E-state index contributed by atoms with van der Waals surface area (Å²) >= 11 is 0. The molecule has 0 spiro atoms. The molecule has 0 unspecified atom stereocenters. The Labute approximate surface area is 127 Å². The van der Waals surface area contributed by atoms with Crippen LogP contribution in [0.5, 0.6) is 0 Å². The first-order valence-electron chi connectivity index (χ1n) is 8.26. The van der Waals surface area contributed by atoms with Crippen LogP contribution in [0, 0.1) is 13.8 Å². The van der Waals surface area contributed by atoms with E-state index >= 15 is 0 Å². The van der Waals surface area contributed by atoms with E-state index in [0.29, 0.717) is 0 Å². The number of hydrogen-bond donors (Lipinski definition) is 0. The molecular formula is C18H26N2O. The molecule has 0 radical (unpaired) electrons. The summed E-state index contributed by atoms with van der Waals surface area (Å²) in [4.78, 5) is 17.2. The lowest BCUT2D eigenvalue weighted by Gasteiger charge is -2.38. The first-order chi connectivity index (χ1) is 10.1. The van der Waals surface area contributed by atoms with E-state index in [1.165, 1.54) is 36.8 Å². The lowest BCUT2D eigenvalue weighted by atomic mass is 10.1. The van der Waals surface area contributed by atoms with Gasteiger partial charge >= 0.3 is 0 Å². The number of benzene rings is 1. The van der Waals surface area contributed by atoms with Crippen LogP contribution in [0.3, 0.4) is 0 Å². The van der Waals surface area contributed by atoms with Crippen molar-refractivity contribution in [3.63, 3.8) is 0 Å². The zero-order valence-corrected chi connectivity index (χ0v) is 13.3. The summed E-state index contributed by atoms with van der Waals surface area (Å²) in [5.74, 6) is 0.198. The van der Waals surface area contributed by atoms with Crippen molar-refractivity contribution in [1.29, 1.82) is 0 Å². The molecule has 114 valence electrons. The maximum atomic E-state index is 12.6. The molecule has 1 aliphatic carbocycles. The van der Waals surface area contributed by atoms with Gasteiger partial charge in [0.05, 0.1) is 0 Å². The second-order valence-electron chi connectivity index (χ2n) is 6.57. The van der Waals surface area contributed by atoms with E-state index in [1.807, 2.05) is 17.0 Å². The van der Waals surface area contributed by atoms with Crippen molar-refractivity contribution in [2.24, 2.45) is 0 Å². The third-order valence-electron chi connectivity index (χ3n) is 5.20. The van der Waals surface area contributed by atoms with Crippen LogP contribution in [0.25, 0.3) is 0 Å². The molecule has 2 fully saturated rings. The minimum atomic E-state index is 0.198. The van der Waals surface area contributed by atoms with E-state index in [9.17, 15) is 4.79 Å². The van der Waals surface area contributed by atoms with Gasteiger partial charge in [-0.3, -0.25) is 9.69 Å². The van der Waals surface area contributed by atoms with Gasteiger partial charge in [-0.25, -0.2) is 0 Å². The van der Waals surface area contributed by atoms with Crippen LogP contribution in [0.1, 0.15) is 47.2 Å². The Hall–Kier alpha value is -1.35. The lowest BCUT2D eigenvalue weighted by molar-refractivity contribution is 0.0573. The summed E-state index contributed by atoms with van der Waals surface area (Å²) in [6, 6.07) is 6.83. The zero-order chi connectivity index (χ0) is 14.8. The van der Waals surface area contributed by atoms with E-state index in [2.05, 4.69) is 24.8 Å². The standard InChI is InChI=1S/C18H26N2O/c1-14-7-8-16(13-15(14)2)18(21)20-11-9-19(10-12-20)17-5-3-4-6-17/h7-8,13,17H,3-6,9-12H2,1-2H3. The van der Waals surface area contributed by atoms with Crippen molar-refractivity contribution < 1.29 is 4.79 Å². The molecule has 3 nitrogen and oxygen atoms in total. The average Bonchev–Trinajstić information content (AvgIpc) is 3.04. The van der Waals surface area contributed by atoms with Crippen molar-refractivity contribution in [1.82, 2.24) is 9.80 Å². The quantitative estimate of drug-likeness (QED) is 0.834. The fourth-order valence-electron chi connectivity index (χ4n) is 3.62. The van der Waals surface area contributed by atoms with Crippen molar-refractivity contribution in [2.75, 3.05) is 26.2 Å². The summed E-state index contributed by atoms with van der Waals surface area (Å²) in [7, 11) is 0. The molecule has 1 saturated heterocycles. The van der Waals surface area contributed by atoms with Crippen molar-refractivity contribution in [3.05, 3.63) is 34.9 Å². The topological polar surface area (TPSA) is 23.6 Å². The van der Waals surface area contributed by atoms with Gasteiger partial charge in [0, 0.05) is 37.8 Å². The third kappa shape index (κ3) is 3.13. The van der Waals surface area contributed by atoms with Gasteiger partial charge in [0.15, 0.2) is 0 Å². The molecule has 1 aromatic carbocycles. The van der Waals surface area contributed by atoms with E-state index in [4.69, 9.17) is 0 Å². The number of nitrogens with zero attached hydrogens (tertiary/aromatic N) is 2. The van der Waals surface area contributed by atoms with Gasteiger partial charge in [0.1, 0.15) is 0 Å². The third-order valence-corrected chi connectivity index (χ3v) is 5.20. The molecule has 3 rings (SSSR count). The summed E-state index contributed by atoms with van der Waals surface area (Å²) in [6.07, 6.45) is 5.47. The van der Waals surface area contributed by atoms with Crippen LogP contribution in [-0.2, 0) is 0 Å². The highest BCUT2D eigenvalue weighted by Crippen LogP contribution is 2.24. The minimum absolute atomic E-state index is 0.198. The van der Waals surface area contributed by atoms with E-state index < -0.39 is 0 Å². The Bertz CT molecular complexity index is 512. The Kier molecular flexibility index (Phi) is 4.29. The van der Waals surface area contributed by atoms with Crippen molar-refractivity contribution >= 4 is 5.91 Å². The molecule has 3 heteroatoms. The van der Waals surface area contributed by atoms with Gasteiger partial charge in [0.25, 0.3) is 5.91 Å². The highest BCUT2D eigenvalue weighted by Gasteiger charge is 2.28. The van der Waals surface area contributed by atoms with Crippen LogP contribution in [-0.4, -0.2) is 47.9 Å². The van der Waals surface area contributed by atoms with Crippen LogP contribution in [0.4, 0.5) is 0 Å². The maximum absolute atomic E-state index is 12.6. The second-order valence-corrected chi connectivity index (χ2v) is 6.57. The van der Waals surface area contributed by atoms with Crippen LogP contribution >= 0.6 is 0 Å². The molecule has 1 aromatic rings. The van der Waals surface area contributed by atoms with Crippen LogP contribution in [0.15, 0.2) is 18.2 Å². The second kappa shape index (κ2) is 6.18. The number of rotatable bonds is 2. The minimum Gasteiger partial charge on any atom is -0.336 e. The van der Waals surface area contributed by atoms with Gasteiger partial charge in [-0.15, -0.1) is 0 Å². The Morgan fingerprint density at radius 3 is 2.29 bits per heavy atom. The van der Waals surface area contributed by atoms with E-state index in [0.717, 1.165) is 37.8 Å². The van der Waals surface area contributed by atoms with Crippen LogP contribution < -0.4 is 0 Å². The largest absolute Gasteiger partial charge is 0.336 e. The number of hydrogen-bond acceptors (Lipinski definition) is 2. The van der Waals surface area contributed by atoms with Gasteiger partial charge in [-0.2, -0.15) is 0 Å². The number of carbonyl (C=O) groups excluding carboxylic acids is 1. The molecule has 0 atom stereocenters. The Morgan fingerprint density at radius 2 is 1.67 bits per heavy atom. The van der Waals surface area contributed by atoms with Gasteiger partial charge < -0.3 is 4.90 Å². The smallest absolute Gasteiger partial charge is 0.253 e. The lowest BCUT2D eigenvalue weighted by Crippen LogP contribution is -2.51. The van der Waals surface area contributed by atoms with Crippen molar-refractivity contribution in [2.45, 2.75) is 45.6 Å². The molecule has 1 aliphatic heterocycles. The summed E-state index contributed by atoms with van der Waals surface area (Å²) in [5, 5.41) is 0. The molecule has 0 N–H and O–H groups in total. The fraction of sp³-hybridized carbons (Fsp3) is 0.611. The molecular weight excluding hydrogens is 260 g/mol. The van der Waals surface area contributed by atoms with Gasteiger partial charge in [-0.1, -0.05) is 18.9 Å². The molecule has 2 aliphatic rings. The Morgan fingerprint density at radius 1 is 1.00 bits per heavy atom. The molecule has 0 bridgehead atoms. The molecule has 1 saturated carbocycles. The monoisotopic (exact) mass is 286 g/mol. The summed E-state index contributed by atoms with van der Waals surface area (Å²) < 4.78 is 0. The number of carbonyl (C=O) groups is 1. The number of piperazine rings is 1. The predicted octanol–water partition coefficient (Wildman–Crippen LogP) is 3.00. The van der Waals surface area contributed by atoms with Crippen molar-refractivity contribution in [3.8, 4) is 0 Å². The highest BCUT2D eigenvalue weighted by molar-refractivity contribution is 5.94. The molecule has 0 aromatic heterocycles. The maximum Gasteiger partial charge on any atom is 0.253 e. The normalized spacial score (nSPS) is 21.0.